The van der Waals surface area contributed by atoms with Gasteiger partial charge in [0.1, 0.15) is 11.5 Å². The number of pyridine rings is 2. The molecule has 2 aliphatic heterocycles. The molecule has 0 bridgehead atoms. The molecule has 6 rings (SSSR count). The Morgan fingerprint density at radius 3 is 2.81 bits per heavy atom. The minimum absolute atomic E-state index is 0.0221. The number of aliphatic imine (C=N–C) groups is 1. The van der Waals surface area contributed by atoms with Crippen LogP contribution in [-0.4, -0.2) is 44.9 Å². The Kier molecular flexibility index (Phi) is 4.58. The molecule has 0 saturated carbocycles. The topological polar surface area (TPSA) is 105 Å². The van der Waals surface area contributed by atoms with Gasteiger partial charge in [-0.15, -0.1) is 0 Å². The van der Waals surface area contributed by atoms with E-state index >= 15 is 0 Å². The number of nitrogens with one attached hydrogen (secondary N) is 1. The fraction of sp³-hybridized carbons (Fsp3) is 0.348. The number of fused-ring (bicyclic) bond motifs is 3. The van der Waals surface area contributed by atoms with Gasteiger partial charge in [-0.25, -0.2) is 9.97 Å². The number of anilines is 2. The van der Waals surface area contributed by atoms with E-state index in [1.54, 1.807) is 12.4 Å². The summed E-state index contributed by atoms with van der Waals surface area (Å²) in [5.74, 6) is 1.58. The van der Waals surface area contributed by atoms with E-state index in [4.69, 9.17) is 27.3 Å². The van der Waals surface area contributed by atoms with Crippen molar-refractivity contribution in [2.45, 2.75) is 37.3 Å². The molecule has 1 saturated heterocycles. The first-order chi connectivity index (χ1) is 15.6. The molecule has 5 heterocycles. The average molecular weight is 447 g/mol. The maximum Gasteiger partial charge on any atom is 0.154 e. The van der Waals surface area contributed by atoms with E-state index in [0.29, 0.717) is 17.4 Å². The molecule has 162 valence electrons. The summed E-state index contributed by atoms with van der Waals surface area (Å²) >= 11 is 6.21. The fourth-order valence-corrected chi connectivity index (χ4v) is 5.41. The van der Waals surface area contributed by atoms with Gasteiger partial charge in [-0.2, -0.15) is 0 Å². The van der Waals surface area contributed by atoms with Crippen LogP contribution in [-0.2, 0) is 18.4 Å². The third kappa shape index (κ3) is 3.05. The van der Waals surface area contributed by atoms with Crippen molar-refractivity contribution in [3.8, 4) is 0 Å². The van der Waals surface area contributed by atoms with Crippen LogP contribution in [0.15, 0.2) is 48.0 Å². The average Bonchev–Trinajstić information content (AvgIpc) is 3.34. The van der Waals surface area contributed by atoms with Crippen molar-refractivity contribution < 1.29 is 0 Å². The molecule has 1 fully saturated rings. The lowest BCUT2D eigenvalue weighted by Gasteiger charge is -2.43. The van der Waals surface area contributed by atoms with Crippen molar-refractivity contribution in [2.24, 2.45) is 10.7 Å². The van der Waals surface area contributed by atoms with Gasteiger partial charge >= 0.3 is 0 Å². The number of nitrogens with two attached hydrogens (primary N) is 1. The second kappa shape index (κ2) is 7.50. The van der Waals surface area contributed by atoms with Gasteiger partial charge < -0.3 is 16.0 Å². The zero-order chi connectivity index (χ0) is 21.7. The Morgan fingerprint density at radius 2 is 1.97 bits per heavy atom. The molecule has 0 aromatic carbocycles. The van der Waals surface area contributed by atoms with E-state index in [9.17, 15) is 0 Å². The van der Waals surface area contributed by atoms with Crippen molar-refractivity contribution in [3.05, 3.63) is 70.7 Å². The molecule has 1 spiro atoms. The SMILES string of the molecule is N[C@@H]1Cc2ncccc2C12CCN(c1cnc3c(n1)CN=C3Nc1ccncc1Cl)CC2. The third-order valence-corrected chi connectivity index (χ3v) is 7.30. The number of nitrogens with zero attached hydrogens (tertiary/aromatic N) is 6. The summed E-state index contributed by atoms with van der Waals surface area (Å²) < 4.78 is 0. The number of rotatable bonds is 2. The molecule has 0 unspecified atom stereocenters. The number of halogens is 1. The van der Waals surface area contributed by atoms with Crippen molar-refractivity contribution in [2.75, 3.05) is 23.3 Å². The summed E-state index contributed by atoms with van der Waals surface area (Å²) in [7, 11) is 0. The van der Waals surface area contributed by atoms with Gasteiger partial charge in [0.15, 0.2) is 5.84 Å². The molecule has 8 nitrogen and oxygen atoms in total. The second-order valence-corrected chi connectivity index (χ2v) is 9.03. The van der Waals surface area contributed by atoms with E-state index in [1.165, 1.54) is 5.56 Å². The lowest BCUT2D eigenvalue weighted by atomic mass is 9.71. The highest BCUT2D eigenvalue weighted by molar-refractivity contribution is 6.33. The smallest absolute Gasteiger partial charge is 0.154 e. The quantitative estimate of drug-likeness (QED) is 0.623. The molecule has 3 N–H and O–H groups in total. The number of aromatic nitrogens is 4. The molecule has 0 radical (unpaired) electrons. The van der Waals surface area contributed by atoms with Gasteiger partial charge in [0.25, 0.3) is 0 Å². The maximum atomic E-state index is 6.62. The van der Waals surface area contributed by atoms with Crippen LogP contribution in [0.3, 0.4) is 0 Å². The van der Waals surface area contributed by atoms with Crippen LogP contribution in [0, 0.1) is 0 Å². The molecule has 1 aliphatic carbocycles. The predicted octanol–water partition coefficient (Wildman–Crippen LogP) is 2.71. The summed E-state index contributed by atoms with van der Waals surface area (Å²) in [4.78, 5) is 25.1. The van der Waals surface area contributed by atoms with Gasteiger partial charge in [0.2, 0.25) is 0 Å². The Hall–Kier alpha value is -3.10. The molecule has 3 aliphatic rings. The lowest BCUT2D eigenvalue weighted by molar-refractivity contribution is 0.292. The number of amidine groups is 1. The number of piperidine rings is 1. The molecule has 32 heavy (non-hydrogen) atoms. The number of hydrogen-bond donors (Lipinski definition) is 2. The summed E-state index contributed by atoms with van der Waals surface area (Å²) in [6.45, 7) is 2.30. The van der Waals surface area contributed by atoms with Crippen molar-refractivity contribution in [3.63, 3.8) is 0 Å². The largest absolute Gasteiger partial charge is 0.355 e. The van der Waals surface area contributed by atoms with Crippen molar-refractivity contribution in [1.29, 1.82) is 0 Å². The Balaban J connectivity index is 1.19. The predicted molar refractivity (Wildman–Crippen MR) is 124 cm³/mol. The Labute approximate surface area is 191 Å². The van der Waals surface area contributed by atoms with E-state index in [0.717, 1.165) is 60.9 Å². The van der Waals surface area contributed by atoms with Crippen LogP contribution in [0.2, 0.25) is 5.02 Å². The van der Waals surface area contributed by atoms with E-state index in [-0.39, 0.29) is 11.5 Å². The van der Waals surface area contributed by atoms with Crippen molar-refractivity contribution >= 4 is 28.9 Å². The van der Waals surface area contributed by atoms with Crippen LogP contribution < -0.4 is 16.0 Å². The highest BCUT2D eigenvalue weighted by atomic mass is 35.5. The first-order valence-electron chi connectivity index (χ1n) is 10.9. The zero-order valence-electron chi connectivity index (χ0n) is 17.5. The molecular weight excluding hydrogens is 424 g/mol. The molecule has 3 aromatic heterocycles. The van der Waals surface area contributed by atoms with Gasteiger partial charge in [0.05, 0.1) is 29.1 Å². The summed E-state index contributed by atoms with van der Waals surface area (Å²) in [6, 6.07) is 6.18. The Bertz CT molecular complexity index is 1220. The van der Waals surface area contributed by atoms with Crippen LogP contribution in [0.4, 0.5) is 11.5 Å². The number of hydrogen-bond acceptors (Lipinski definition) is 8. The first-order valence-corrected chi connectivity index (χ1v) is 11.2. The van der Waals surface area contributed by atoms with Gasteiger partial charge in [-0.05, 0) is 30.5 Å². The molecule has 0 amide bonds. The first kappa shape index (κ1) is 19.6. The Morgan fingerprint density at radius 1 is 1.09 bits per heavy atom. The monoisotopic (exact) mass is 446 g/mol. The van der Waals surface area contributed by atoms with E-state index in [2.05, 4.69) is 31.2 Å². The van der Waals surface area contributed by atoms with Gasteiger partial charge in [-0.3, -0.25) is 15.0 Å². The van der Waals surface area contributed by atoms with E-state index < -0.39 is 0 Å². The molecule has 3 aromatic rings. The van der Waals surface area contributed by atoms with Gasteiger partial charge in [0, 0.05) is 55.3 Å². The standard InChI is InChI=1S/C23H23ClN8/c24-15-11-26-7-3-16(15)31-22-21-18(12-29-22)30-20(13-28-21)32-8-4-23(5-9-32)14-2-1-6-27-17(14)10-19(23)25/h1-3,6-7,11,13,19H,4-5,8-10,12,25H2,(H,26,29,31)/t19-/m1/s1. The van der Waals surface area contributed by atoms with Crippen LogP contribution >= 0.6 is 11.6 Å². The van der Waals surface area contributed by atoms with Crippen LogP contribution in [0.25, 0.3) is 0 Å². The fourth-order valence-electron chi connectivity index (χ4n) is 5.24. The highest BCUT2D eigenvalue weighted by Crippen LogP contribution is 2.45. The molecular formula is C23H23ClN8. The lowest BCUT2D eigenvalue weighted by Crippen LogP contribution is -2.50. The summed E-state index contributed by atoms with van der Waals surface area (Å²) in [6.07, 6.45) is 9.86. The highest BCUT2D eigenvalue weighted by Gasteiger charge is 2.47. The summed E-state index contributed by atoms with van der Waals surface area (Å²) in [5, 5.41) is 3.79. The van der Waals surface area contributed by atoms with E-state index in [1.807, 2.05) is 24.5 Å². The minimum Gasteiger partial charge on any atom is -0.355 e. The normalized spacial score (nSPS) is 20.8. The van der Waals surface area contributed by atoms with Crippen molar-refractivity contribution in [1.82, 2.24) is 19.9 Å². The maximum absolute atomic E-state index is 6.62. The third-order valence-electron chi connectivity index (χ3n) is 7.00. The van der Waals surface area contributed by atoms with Crippen LogP contribution in [0.5, 0.6) is 0 Å². The van der Waals surface area contributed by atoms with Gasteiger partial charge in [-0.1, -0.05) is 17.7 Å². The minimum atomic E-state index is 0.0221. The second-order valence-electron chi connectivity index (χ2n) is 8.62. The molecule has 9 heteroatoms. The molecule has 1 atom stereocenters. The van der Waals surface area contributed by atoms with Crippen LogP contribution in [0.1, 0.15) is 35.5 Å². The zero-order valence-corrected chi connectivity index (χ0v) is 18.3. The summed E-state index contributed by atoms with van der Waals surface area (Å²) in [5.41, 5.74) is 11.5.